The van der Waals surface area contributed by atoms with Crippen LogP contribution in [0.15, 0.2) is 176 Å². The van der Waals surface area contributed by atoms with Crippen molar-refractivity contribution in [1.29, 1.82) is 10.8 Å². The summed E-state index contributed by atoms with van der Waals surface area (Å²) in [4.78, 5) is 8.40. The average Bonchev–Trinajstić information content (AvgIpc) is 2.94. The molecule has 9 aromatic rings. The molecule has 8 nitrogen and oxygen atoms in total. The van der Waals surface area contributed by atoms with E-state index < -0.39 is 0 Å². The summed E-state index contributed by atoms with van der Waals surface area (Å²) in [6, 6.07) is 57.8. The molecule has 0 radical (unpaired) electrons. The zero-order chi connectivity index (χ0) is 62.3. The zero-order valence-electron chi connectivity index (χ0n) is 51.4. The number of anilines is 1. The number of benzene rings is 8. The van der Waals surface area contributed by atoms with Gasteiger partial charge in [-0.25, -0.2) is 0 Å². The predicted octanol–water partition coefficient (Wildman–Crippen LogP) is 9.75. The van der Waals surface area contributed by atoms with E-state index in [1.807, 2.05) is 67.7 Å². The van der Waals surface area contributed by atoms with Gasteiger partial charge in [0.1, 0.15) is 0 Å². The number of aryl methyl sites for hydroxylation is 4. The number of pyridine rings is 1. The monoisotopic (exact) mass is 1460 g/mol. The van der Waals surface area contributed by atoms with Gasteiger partial charge in [0.05, 0.1) is 0 Å². The van der Waals surface area contributed by atoms with Crippen LogP contribution in [-0.2, 0) is 22.6 Å². The average molecular weight is 1450 g/mol. The Balaban J connectivity index is 0.000000229. The Morgan fingerprint density at radius 3 is 1.52 bits per heavy atom. The summed E-state index contributed by atoms with van der Waals surface area (Å²) >= 11 is 12.7. The Labute approximate surface area is 543 Å². The van der Waals surface area contributed by atoms with Gasteiger partial charge in [0, 0.05) is 11.9 Å². The summed E-state index contributed by atoms with van der Waals surface area (Å²) in [6.45, 7) is 23.2. The van der Waals surface area contributed by atoms with Crippen molar-refractivity contribution in [2.45, 2.75) is 82.4 Å². The van der Waals surface area contributed by atoms with E-state index in [-0.39, 0.29) is 29.2 Å². The van der Waals surface area contributed by atoms with Crippen molar-refractivity contribution in [3.8, 4) is 11.1 Å². The van der Waals surface area contributed by atoms with Gasteiger partial charge in [-0.15, -0.1) is 0 Å². The molecule has 0 aliphatic heterocycles. The summed E-state index contributed by atoms with van der Waals surface area (Å²) in [5, 5.41) is 30.2. The molecule has 0 saturated carbocycles. The number of rotatable bonds is 9. The summed E-state index contributed by atoms with van der Waals surface area (Å²) < 4.78 is 17.1. The van der Waals surface area contributed by atoms with Crippen molar-refractivity contribution in [2.75, 3.05) is 46.3 Å². The van der Waals surface area contributed by atoms with Gasteiger partial charge in [-0.05, 0) is 25.5 Å². The van der Waals surface area contributed by atoms with Crippen LogP contribution in [0, 0.1) is 49.3 Å². The van der Waals surface area contributed by atoms with E-state index in [4.69, 9.17) is 25.4 Å². The molecule has 0 atom stereocenters. The molecule has 84 heavy (non-hydrogen) atoms. The zero-order valence-corrected chi connectivity index (χ0v) is 60.8. The third kappa shape index (κ3) is 23.9. The van der Waals surface area contributed by atoms with Crippen molar-refractivity contribution < 1.29 is 14.6 Å². The van der Waals surface area contributed by atoms with Gasteiger partial charge in [0.15, 0.2) is 0 Å². The summed E-state index contributed by atoms with van der Waals surface area (Å²) in [6.07, 6.45) is 1.81. The molecule has 444 valence electrons. The second kappa shape index (κ2) is 34.7. The molecule has 0 bridgehead atoms. The maximum absolute atomic E-state index is 8.71. The van der Waals surface area contributed by atoms with Crippen molar-refractivity contribution in [2.24, 2.45) is 10.8 Å². The van der Waals surface area contributed by atoms with E-state index in [9.17, 15) is 0 Å². The molecule has 1 heterocycles. The SMILES string of the molecule is CC(C)(C)COC(=N)c1ccccc1[SeH].CN(C)Cc1ccccc1[SeH].CN(C)c1cccc2cccc([SeH])c12.Cc1cc(C)cc(-c2c(C(=N)OCC(C)(C)C)c([SeH])cc3ccccc23)c1.Cc1cccnc1C.OCc1ccccc1[SeH]. The Bertz CT molecular complexity index is 3520. The van der Waals surface area contributed by atoms with Crippen LogP contribution in [0.3, 0.4) is 0 Å². The molecule has 0 spiro atoms. The fourth-order valence-electron chi connectivity index (χ4n) is 8.24. The number of aliphatic hydroxyl groups is 1. The Hall–Kier alpha value is -5.31. The van der Waals surface area contributed by atoms with Crippen molar-refractivity contribution >= 4 is 141 Å². The van der Waals surface area contributed by atoms with Crippen LogP contribution in [0.25, 0.3) is 32.7 Å². The fraction of sp³-hybridized carbons (Fsp3) is 0.282. The first-order valence-corrected chi connectivity index (χ1v) is 32.4. The van der Waals surface area contributed by atoms with E-state index in [1.54, 1.807) is 0 Å². The van der Waals surface area contributed by atoms with E-state index in [1.165, 1.54) is 53.0 Å². The van der Waals surface area contributed by atoms with Crippen LogP contribution in [0.1, 0.15) is 86.2 Å². The Morgan fingerprint density at radius 1 is 0.524 bits per heavy atom. The van der Waals surface area contributed by atoms with Crippen molar-refractivity contribution in [3.05, 3.63) is 221 Å². The minimum absolute atomic E-state index is 0.00595. The Kier molecular flexibility index (Phi) is 29.4. The van der Waals surface area contributed by atoms with Gasteiger partial charge < -0.3 is 0 Å². The topological polar surface area (TPSA) is 106 Å². The van der Waals surface area contributed by atoms with Gasteiger partial charge in [0.2, 0.25) is 0 Å². The molecule has 0 amide bonds. The third-order valence-electron chi connectivity index (χ3n) is 12.5. The number of nitrogens with zero attached hydrogens (tertiary/aromatic N) is 3. The molecular weight excluding hydrogens is 1370 g/mol. The van der Waals surface area contributed by atoms with Crippen LogP contribution in [0.4, 0.5) is 5.69 Å². The van der Waals surface area contributed by atoms with E-state index >= 15 is 0 Å². The maximum atomic E-state index is 8.71. The number of hydrogen-bond acceptors (Lipinski definition) is 8. The number of ether oxygens (including phenoxy) is 2. The number of aromatic nitrogens is 1. The molecular formula is C71H87N5O3Se5. The van der Waals surface area contributed by atoms with E-state index in [0.717, 1.165) is 58.8 Å². The van der Waals surface area contributed by atoms with Gasteiger partial charge in [0.25, 0.3) is 0 Å². The normalized spacial score (nSPS) is 10.8. The number of nitrogens with one attached hydrogen (secondary N) is 2. The minimum atomic E-state index is 0.00595. The van der Waals surface area contributed by atoms with Crippen LogP contribution in [0.5, 0.6) is 0 Å². The first-order valence-electron chi connectivity index (χ1n) is 27.7. The second-order valence-corrected chi connectivity index (χ2v) is 28.3. The predicted molar refractivity (Wildman–Crippen MR) is 372 cm³/mol. The summed E-state index contributed by atoms with van der Waals surface area (Å²) in [5.41, 5.74) is 12.5. The van der Waals surface area contributed by atoms with Gasteiger partial charge in [-0.3, -0.25) is 4.98 Å². The number of aliphatic hydroxyl groups excluding tert-OH is 1. The summed E-state index contributed by atoms with van der Waals surface area (Å²) in [7, 11) is 8.32. The number of fused-ring (bicyclic) bond motifs is 2. The quantitative estimate of drug-likeness (QED) is 0.0756. The summed E-state index contributed by atoms with van der Waals surface area (Å²) in [5.74, 6) is 0.488. The van der Waals surface area contributed by atoms with Gasteiger partial charge in [-0.2, -0.15) is 0 Å². The van der Waals surface area contributed by atoms with Crippen LogP contribution >= 0.6 is 0 Å². The molecule has 0 aliphatic carbocycles. The van der Waals surface area contributed by atoms with Crippen molar-refractivity contribution in [3.63, 3.8) is 0 Å². The fourth-order valence-corrected chi connectivity index (χ4v) is 11.2. The Morgan fingerprint density at radius 2 is 1.02 bits per heavy atom. The van der Waals surface area contributed by atoms with Crippen molar-refractivity contribution in [1.82, 2.24) is 9.88 Å². The molecule has 0 aliphatic rings. The first kappa shape index (κ1) is 71.2. The first-order chi connectivity index (χ1) is 39.6. The molecule has 0 saturated heterocycles. The molecule has 3 N–H and O–H groups in total. The van der Waals surface area contributed by atoms with E-state index in [2.05, 4.69) is 301 Å². The standard InChI is InChI=1S/C24H27NOSe.C12H17NOSe.C12H13NSe.C9H13NSe.C7H9N.C7H8OSe/c1-15-10-16(2)12-18(11-15)21-19-9-7-6-8-17(19)13-20(27)22(21)23(25)26-14-24(3,4)5;1-12(2,3)8-14-11(13)9-6-4-5-7-10(9)15;1-13(2)10-7-3-5-9-6-4-8-11(14)12(9)10;1-10(2)7-8-5-3-4-6-9(8)11;1-6-4-3-5-8-7(6)2;8-5-6-3-1-2-4-7(6)9/h6-13,25,27H,14H2,1-5H3;4-7,13,15H,8H2,1-3H3;3-8,14H,1-2H3;3-6,11H,7H2,1-2H3;3-5H,1-2H3;1-4,8-9H,5H2. The third-order valence-corrected chi connectivity index (χ3v) is 16.6. The molecule has 13 heteroatoms. The molecule has 1 aromatic heterocycles. The van der Waals surface area contributed by atoms with Gasteiger partial charge in [-0.1, -0.05) is 6.07 Å². The molecule has 8 aromatic carbocycles. The van der Waals surface area contributed by atoms with Crippen LogP contribution < -0.4 is 27.2 Å². The molecule has 0 unspecified atom stereocenters. The van der Waals surface area contributed by atoms with Crippen LogP contribution in [0.2, 0.25) is 0 Å². The molecule has 0 fully saturated rings. The van der Waals surface area contributed by atoms with Crippen LogP contribution in [-0.4, -0.2) is 148 Å². The molecule has 9 rings (SSSR count). The van der Waals surface area contributed by atoms with Gasteiger partial charge >= 0.3 is 500 Å². The second-order valence-electron chi connectivity index (χ2n) is 23.2. The van der Waals surface area contributed by atoms with E-state index in [0.29, 0.717) is 13.2 Å². The number of hydrogen-bond donors (Lipinski definition) is 3.